The van der Waals surface area contributed by atoms with Crippen LogP contribution in [0.15, 0.2) is 30.6 Å². The molecule has 0 amide bonds. The van der Waals surface area contributed by atoms with Crippen LogP contribution in [-0.4, -0.2) is 31.7 Å². The van der Waals surface area contributed by atoms with Crippen molar-refractivity contribution in [2.24, 2.45) is 0 Å². The molecule has 0 aliphatic carbocycles. The van der Waals surface area contributed by atoms with Crippen molar-refractivity contribution >= 4 is 11.5 Å². The van der Waals surface area contributed by atoms with Gasteiger partial charge in [-0.25, -0.2) is 4.98 Å². The van der Waals surface area contributed by atoms with Crippen LogP contribution in [0.5, 0.6) is 5.75 Å². The van der Waals surface area contributed by atoms with Crippen molar-refractivity contribution in [2.75, 3.05) is 12.4 Å². The average Bonchev–Trinajstić information content (AvgIpc) is 2.95. The topological polar surface area (TPSA) is 75.3 Å². The van der Waals surface area contributed by atoms with Gasteiger partial charge in [0.05, 0.1) is 11.1 Å². The van der Waals surface area contributed by atoms with Gasteiger partial charge in [-0.1, -0.05) is 0 Å². The molecule has 0 bridgehead atoms. The Hall–Kier alpha value is -2.84. The third-order valence-electron chi connectivity index (χ3n) is 3.13. The van der Waals surface area contributed by atoms with Crippen molar-refractivity contribution in [3.8, 4) is 17.1 Å². The van der Waals surface area contributed by atoms with Gasteiger partial charge in [0.2, 0.25) is 0 Å². The minimum Gasteiger partial charge on any atom is -0.507 e. The Morgan fingerprint density at radius 2 is 2.00 bits per heavy atom. The Morgan fingerprint density at radius 1 is 1.23 bits per heavy atom. The van der Waals surface area contributed by atoms with Crippen LogP contribution < -0.4 is 5.32 Å². The molecule has 114 valence electrons. The number of fused-ring (bicyclic) bond motifs is 1. The molecule has 2 aromatic heterocycles. The van der Waals surface area contributed by atoms with E-state index in [-0.39, 0.29) is 11.4 Å². The van der Waals surface area contributed by atoms with Gasteiger partial charge in [-0.2, -0.15) is 13.2 Å². The number of nitrogens with one attached hydrogen (secondary N) is 1. The number of benzene rings is 1. The van der Waals surface area contributed by atoms with E-state index in [4.69, 9.17) is 0 Å². The zero-order valence-corrected chi connectivity index (χ0v) is 11.3. The van der Waals surface area contributed by atoms with Gasteiger partial charge in [0.15, 0.2) is 17.3 Å². The lowest BCUT2D eigenvalue weighted by Crippen LogP contribution is -2.06. The highest BCUT2D eigenvalue weighted by molar-refractivity contribution is 5.70. The lowest BCUT2D eigenvalue weighted by molar-refractivity contribution is -0.137. The highest BCUT2D eigenvalue weighted by Crippen LogP contribution is 2.36. The van der Waals surface area contributed by atoms with E-state index in [9.17, 15) is 18.3 Å². The summed E-state index contributed by atoms with van der Waals surface area (Å²) in [6, 6.07) is 2.69. The molecule has 3 aromatic rings. The third-order valence-corrected chi connectivity index (χ3v) is 3.13. The summed E-state index contributed by atoms with van der Waals surface area (Å²) in [4.78, 5) is 4.10. The number of nitrogens with zero attached hydrogens (tertiary/aromatic N) is 4. The van der Waals surface area contributed by atoms with Crippen LogP contribution in [0.25, 0.3) is 17.0 Å². The maximum atomic E-state index is 12.6. The fourth-order valence-electron chi connectivity index (χ4n) is 2.08. The molecule has 2 N–H and O–H groups in total. The molecule has 0 aliphatic rings. The van der Waals surface area contributed by atoms with E-state index < -0.39 is 17.5 Å². The van der Waals surface area contributed by atoms with E-state index in [2.05, 4.69) is 20.5 Å². The molecule has 6 nitrogen and oxygen atoms in total. The van der Waals surface area contributed by atoms with Crippen molar-refractivity contribution < 1.29 is 18.3 Å². The second kappa shape index (κ2) is 4.86. The van der Waals surface area contributed by atoms with Gasteiger partial charge in [-0.15, -0.1) is 10.2 Å². The highest BCUT2D eigenvalue weighted by atomic mass is 19.4. The van der Waals surface area contributed by atoms with Crippen LogP contribution in [0.2, 0.25) is 0 Å². The Kier molecular flexibility index (Phi) is 3.12. The van der Waals surface area contributed by atoms with Crippen LogP contribution in [0, 0.1) is 0 Å². The number of aromatic nitrogens is 4. The molecule has 22 heavy (non-hydrogen) atoms. The number of alkyl halides is 3. The highest BCUT2D eigenvalue weighted by Gasteiger charge is 2.31. The minimum atomic E-state index is -4.53. The van der Waals surface area contributed by atoms with Gasteiger partial charge in [0.1, 0.15) is 5.75 Å². The predicted molar refractivity (Wildman–Crippen MR) is 72.4 cm³/mol. The molecule has 3 rings (SSSR count). The maximum Gasteiger partial charge on any atom is 0.416 e. The first-order valence-electron chi connectivity index (χ1n) is 6.20. The van der Waals surface area contributed by atoms with Gasteiger partial charge < -0.3 is 10.4 Å². The van der Waals surface area contributed by atoms with Gasteiger partial charge in [0, 0.05) is 19.4 Å². The molecule has 0 fully saturated rings. The molecule has 1 aromatic carbocycles. The first kappa shape index (κ1) is 14.1. The van der Waals surface area contributed by atoms with Crippen LogP contribution in [0.3, 0.4) is 0 Å². The van der Waals surface area contributed by atoms with Crippen LogP contribution >= 0.6 is 0 Å². The number of phenols is 1. The van der Waals surface area contributed by atoms with Gasteiger partial charge in [-0.3, -0.25) is 4.40 Å². The normalized spacial score (nSPS) is 11.8. The van der Waals surface area contributed by atoms with Crippen LogP contribution in [0.1, 0.15) is 5.56 Å². The van der Waals surface area contributed by atoms with E-state index in [1.807, 2.05) is 0 Å². The number of aromatic hydroxyl groups is 1. The molecule has 0 saturated heterocycles. The summed E-state index contributed by atoms with van der Waals surface area (Å²) in [5, 5.41) is 20.6. The van der Waals surface area contributed by atoms with Gasteiger partial charge in [-0.05, 0) is 18.2 Å². The SMILES string of the molecule is CNc1nnc(-c2ccc(C(F)(F)F)cc2O)n2ccnc12. The smallest absolute Gasteiger partial charge is 0.416 e. The first-order valence-corrected chi connectivity index (χ1v) is 6.20. The Labute approximate surface area is 122 Å². The molecule has 0 spiro atoms. The number of rotatable bonds is 2. The zero-order valence-electron chi connectivity index (χ0n) is 11.3. The Bertz CT molecular complexity index is 843. The Balaban J connectivity index is 2.18. The third kappa shape index (κ3) is 2.20. The van der Waals surface area contributed by atoms with E-state index in [0.29, 0.717) is 17.5 Å². The van der Waals surface area contributed by atoms with Gasteiger partial charge in [0.25, 0.3) is 0 Å². The predicted octanol–water partition coefficient (Wildman–Crippen LogP) is 2.56. The van der Waals surface area contributed by atoms with Crippen LogP contribution in [-0.2, 0) is 6.18 Å². The summed E-state index contributed by atoms with van der Waals surface area (Å²) in [6.07, 6.45) is -1.44. The monoisotopic (exact) mass is 309 g/mol. The molecule has 0 radical (unpaired) electrons. The largest absolute Gasteiger partial charge is 0.507 e. The van der Waals surface area contributed by atoms with E-state index >= 15 is 0 Å². The second-order valence-corrected chi connectivity index (χ2v) is 4.47. The summed E-state index contributed by atoms with van der Waals surface area (Å²) < 4.78 is 39.5. The number of halogens is 3. The number of hydrogen-bond donors (Lipinski definition) is 2. The van der Waals surface area contributed by atoms with Crippen LogP contribution in [0.4, 0.5) is 19.0 Å². The van der Waals surface area contributed by atoms with E-state index in [0.717, 1.165) is 12.1 Å². The van der Waals surface area contributed by atoms with Crippen molar-refractivity contribution in [3.05, 3.63) is 36.2 Å². The van der Waals surface area contributed by atoms with Crippen molar-refractivity contribution in [2.45, 2.75) is 6.18 Å². The Morgan fingerprint density at radius 3 is 2.64 bits per heavy atom. The number of hydrogen-bond acceptors (Lipinski definition) is 5. The van der Waals surface area contributed by atoms with Crippen molar-refractivity contribution in [3.63, 3.8) is 0 Å². The zero-order chi connectivity index (χ0) is 15.9. The van der Waals surface area contributed by atoms with Crippen molar-refractivity contribution in [1.29, 1.82) is 0 Å². The second-order valence-electron chi connectivity index (χ2n) is 4.47. The average molecular weight is 309 g/mol. The molecule has 0 atom stereocenters. The maximum absolute atomic E-state index is 12.6. The summed E-state index contributed by atoms with van der Waals surface area (Å²) in [5.74, 6) is 0.0780. The molecular weight excluding hydrogens is 299 g/mol. The number of anilines is 1. The molecule has 0 unspecified atom stereocenters. The van der Waals surface area contributed by atoms with Gasteiger partial charge >= 0.3 is 6.18 Å². The summed E-state index contributed by atoms with van der Waals surface area (Å²) in [7, 11) is 1.65. The van der Waals surface area contributed by atoms with E-state index in [1.54, 1.807) is 13.2 Å². The summed E-state index contributed by atoms with van der Waals surface area (Å²) >= 11 is 0. The molecule has 0 aliphatic heterocycles. The lowest BCUT2D eigenvalue weighted by atomic mass is 10.1. The molecule has 2 heterocycles. The van der Waals surface area contributed by atoms with Crippen molar-refractivity contribution in [1.82, 2.24) is 19.6 Å². The number of phenolic OH excluding ortho intramolecular Hbond substituents is 1. The summed E-state index contributed by atoms with van der Waals surface area (Å²) in [5.41, 5.74) is -0.353. The quantitative estimate of drug-likeness (QED) is 0.761. The lowest BCUT2D eigenvalue weighted by Gasteiger charge is -2.11. The number of imidazole rings is 1. The molecular formula is C13H10F3N5O. The fraction of sp³-hybridized carbons (Fsp3) is 0.154. The minimum absolute atomic E-state index is 0.131. The van der Waals surface area contributed by atoms with E-state index in [1.165, 1.54) is 10.6 Å². The standard InChI is InChI=1S/C13H10F3N5O/c1-17-10-12-18-4-5-21(12)11(20-19-10)8-3-2-7(6-9(8)22)13(14,15)16/h2-6,22H,1H3,(H,17,19). The summed E-state index contributed by atoms with van der Waals surface area (Å²) in [6.45, 7) is 0. The molecule has 0 saturated carbocycles. The fourth-order valence-corrected chi connectivity index (χ4v) is 2.08. The molecule has 9 heteroatoms. The first-order chi connectivity index (χ1) is 10.4.